The van der Waals surface area contributed by atoms with Crippen molar-refractivity contribution in [1.29, 1.82) is 0 Å². The number of aromatic nitrogens is 2. The highest BCUT2D eigenvalue weighted by atomic mass is 32.1. The van der Waals surface area contributed by atoms with Gasteiger partial charge in [0.1, 0.15) is 23.2 Å². The molecule has 3 fully saturated rings. The number of hydrogen-bond acceptors (Lipinski definition) is 12. The summed E-state index contributed by atoms with van der Waals surface area (Å²) in [6.07, 6.45) is 2.32. The molecule has 0 bridgehead atoms. The lowest BCUT2D eigenvalue weighted by Gasteiger charge is -2.36. The molecule has 1 saturated carbocycles. The number of halogens is 3. The Morgan fingerprint density at radius 1 is 0.919 bits per heavy atom. The van der Waals surface area contributed by atoms with Gasteiger partial charge in [-0.15, -0.1) is 11.3 Å². The number of imide groups is 2. The number of phenolic OH excluding ortho intramolecular Hbond substituents is 1. The molecule has 5 amide bonds. The Bertz CT molecular complexity index is 2430. The van der Waals surface area contributed by atoms with Crippen LogP contribution in [0.5, 0.6) is 5.75 Å². The van der Waals surface area contributed by atoms with Crippen molar-refractivity contribution in [3.05, 3.63) is 75.6 Å². The first-order valence-electron chi connectivity index (χ1n) is 21.0. The van der Waals surface area contributed by atoms with Crippen LogP contribution < -0.4 is 16.0 Å². The molecule has 18 heteroatoms. The van der Waals surface area contributed by atoms with Crippen molar-refractivity contribution in [2.45, 2.75) is 95.4 Å². The van der Waals surface area contributed by atoms with Crippen molar-refractivity contribution in [2.75, 3.05) is 36.8 Å². The van der Waals surface area contributed by atoms with Gasteiger partial charge >= 0.3 is 6.18 Å². The van der Waals surface area contributed by atoms with Gasteiger partial charge in [-0.2, -0.15) is 13.2 Å². The summed E-state index contributed by atoms with van der Waals surface area (Å²) in [5.41, 5.74) is -1.09. The van der Waals surface area contributed by atoms with E-state index in [9.17, 15) is 47.4 Å². The Labute approximate surface area is 359 Å². The molecule has 3 aliphatic heterocycles. The molecule has 2 saturated heterocycles. The molecule has 328 valence electrons. The van der Waals surface area contributed by atoms with Gasteiger partial charge in [-0.25, -0.2) is 9.97 Å². The number of nitrogens with one attached hydrogen (secondary N) is 3. The second-order valence-corrected chi connectivity index (χ2v) is 18.4. The maximum absolute atomic E-state index is 13.5. The number of nitrogens with zero attached hydrogens (tertiary/aromatic N) is 4. The number of aliphatic hydroxyl groups is 1. The number of rotatable bonds is 11. The summed E-state index contributed by atoms with van der Waals surface area (Å²) >= 11 is 1.53. The third kappa shape index (κ3) is 9.04. The van der Waals surface area contributed by atoms with Crippen LogP contribution in [-0.4, -0.2) is 91.7 Å². The molecule has 5 heterocycles. The molecule has 2 aromatic carbocycles. The minimum Gasteiger partial charge on any atom is -0.508 e. The highest BCUT2D eigenvalue weighted by Gasteiger charge is 2.46. The van der Waals surface area contributed by atoms with E-state index in [4.69, 9.17) is 4.98 Å². The van der Waals surface area contributed by atoms with Crippen LogP contribution in [-0.2, 0) is 21.4 Å². The summed E-state index contributed by atoms with van der Waals surface area (Å²) in [5.74, 6) is -2.14. The molecule has 0 radical (unpaired) electrons. The average molecular weight is 876 g/mol. The number of alkyl halides is 3. The molecule has 8 rings (SSSR count). The van der Waals surface area contributed by atoms with Gasteiger partial charge in [0, 0.05) is 42.7 Å². The first-order chi connectivity index (χ1) is 29.4. The van der Waals surface area contributed by atoms with E-state index in [-0.39, 0.29) is 41.3 Å². The molecule has 1 aliphatic carbocycles. The van der Waals surface area contributed by atoms with E-state index in [1.165, 1.54) is 29.5 Å². The molecule has 14 nitrogen and oxygen atoms in total. The van der Waals surface area contributed by atoms with Crippen LogP contribution in [0.2, 0.25) is 0 Å². The number of likely N-dealkylation sites (tertiary alicyclic amines) is 1. The van der Waals surface area contributed by atoms with E-state index in [1.54, 1.807) is 26.0 Å². The lowest BCUT2D eigenvalue weighted by atomic mass is 9.81. The van der Waals surface area contributed by atoms with Crippen LogP contribution in [0.1, 0.15) is 125 Å². The van der Waals surface area contributed by atoms with Gasteiger partial charge in [0.15, 0.2) is 0 Å². The van der Waals surface area contributed by atoms with Crippen molar-refractivity contribution >= 4 is 62.5 Å². The summed E-state index contributed by atoms with van der Waals surface area (Å²) in [4.78, 5) is 75.8. The largest absolute Gasteiger partial charge is 0.508 e. The number of benzene rings is 2. The van der Waals surface area contributed by atoms with Crippen LogP contribution in [0.15, 0.2) is 42.5 Å². The highest BCUT2D eigenvalue weighted by Crippen LogP contribution is 2.42. The van der Waals surface area contributed by atoms with Gasteiger partial charge < -0.3 is 25.7 Å². The number of aromatic hydroxyl groups is 1. The lowest BCUT2D eigenvalue weighted by molar-refractivity contribution is -0.141. The van der Waals surface area contributed by atoms with Crippen LogP contribution in [0.25, 0.3) is 10.2 Å². The fourth-order valence-electron chi connectivity index (χ4n) is 9.23. The summed E-state index contributed by atoms with van der Waals surface area (Å²) in [6, 6.07) is 8.17. The molecular formula is C44H48F3N7O7S. The smallest absolute Gasteiger partial charge is 0.433 e. The number of carbonyl (C=O) groups excluding carboxylic acids is 5. The Morgan fingerprint density at radius 2 is 1.66 bits per heavy atom. The summed E-state index contributed by atoms with van der Waals surface area (Å²) < 4.78 is 40.6. The van der Waals surface area contributed by atoms with E-state index in [1.807, 2.05) is 0 Å². The van der Waals surface area contributed by atoms with Gasteiger partial charge in [0.05, 0.1) is 37.6 Å². The van der Waals surface area contributed by atoms with Crippen molar-refractivity contribution < 1.29 is 47.4 Å². The summed E-state index contributed by atoms with van der Waals surface area (Å²) in [5, 5.41) is 30.5. The topological polar surface area (TPSA) is 194 Å². The summed E-state index contributed by atoms with van der Waals surface area (Å²) in [7, 11) is 0. The van der Waals surface area contributed by atoms with E-state index in [2.05, 4.69) is 25.8 Å². The first-order valence-corrected chi connectivity index (χ1v) is 21.8. The number of hydrogen-bond donors (Lipinski definition) is 5. The third-order valence-electron chi connectivity index (χ3n) is 12.5. The first kappa shape index (κ1) is 43.2. The number of thiazole rings is 1. The molecule has 4 aromatic rings. The van der Waals surface area contributed by atoms with E-state index in [0.717, 1.165) is 91.3 Å². The maximum Gasteiger partial charge on any atom is 0.433 e. The van der Waals surface area contributed by atoms with E-state index >= 15 is 0 Å². The average Bonchev–Trinajstić information content (AvgIpc) is 3.75. The Kier molecular flexibility index (Phi) is 11.9. The van der Waals surface area contributed by atoms with Crippen molar-refractivity contribution in [3.63, 3.8) is 0 Å². The van der Waals surface area contributed by atoms with Crippen molar-refractivity contribution in [2.24, 2.45) is 11.8 Å². The Balaban J connectivity index is 0.818. The predicted molar refractivity (Wildman–Crippen MR) is 224 cm³/mol. The fourth-order valence-corrected chi connectivity index (χ4v) is 10.4. The zero-order valence-corrected chi connectivity index (χ0v) is 35.1. The summed E-state index contributed by atoms with van der Waals surface area (Å²) in [6.45, 7) is 6.64. The minimum absolute atomic E-state index is 0.0206. The van der Waals surface area contributed by atoms with Crippen LogP contribution in [0, 0.1) is 11.8 Å². The number of carbonyl (C=O) groups is 5. The Morgan fingerprint density at radius 3 is 2.35 bits per heavy atom. The quantitative estimate of drug-likeness (QED) is 0.0997. The van der Waals surface area contributed by atoms with Crippen LogP contribution in [0.3, 0.4) is 0 Å². The SMILES string of the molecule is CC(C)(O)c1cc2nc(C3CCC(CN4CCC(CCNc5cc(O)cc6c5C(=O)N(C5CCC(=O)NC5=O)C6=O)CC4)CC3)sc2cc1NC(=O)c1cccc(C(F)(F)F)n1. The molecule has 2 aromatic heterocycles. The molecule has 5 N–H and O–H groups in total. The van der Waals surface area contributed by atoms with Crippen molar-refractivity contribution in [1.82, 2.24) is 25.1 Å². The van der Waals surface area contributed by atoms with Gasteiger partial charge in [0.2, 0.25) is 11.8 Å². The lowest BCUT2D eigenvalue weighted by Crippen LogP contribution is -2.54. The number of phenols is 1. The predicted octanol–water partition coefficient (Wildman–Crippen LogP) is 6.78. The molecular weight excluding hydrogens is 828 g/mol. The van der Waals surface area contributed by atoms with Crippen LogP contribution in [0.4, 0.5) is 24.5 Å². The fraction of sp³-hybridized carbons (Fsp3) is 0.477. The van der Waals surface area contributed by atoms with Crippen LogP contribution >= 0.6 is 11.3 Å². The van der Waals surface area contributed by atoms with Gasteiger partial charge in [-0.1, -0.05) is 6.07 Å². The normalized spacial score (nSPS) is 21.6. The number of amides is 5. The number of pyridine rings is 1. The standard InChI is InChI=1S/C44H48F3N7O7S/c1-43(2,61)28-20-31-34(21-30(28)50-38(57)29-4-3-5-35(49-29)44(45,46)47)62-40(51-31)25-8-6-24(7-9-25)22-53-16-13-23(14-17-53)12-15-48-32-19-26(55)18-27-37(32)42(60)54(41(27)59)33-10-11-36(56)52-39(33)58/h3-5,18-21,23-25,33,48,55,61H,6-17,22H2,1-2H3,(H,50,57)(H,52,56,58). The second-order valence-electron chi connectivity index (χ2n) is 17.4. The molecule has 4 aliphatic rings. The maximum atomic E-state index is 13.5. The van der Waals surface area contributed by atoms with Gasteiger partial charge in [0.25, 0.3) is 17.7 Å². The monoisotopic (exact) mass is 875 g/mol. The molecule has 62 heavy (non-hydrogen) atoms. The van der Waals surface area contributed by atoms with E-state index < -0.39 is 58.7 Å². The number of anilines is 2. The second kappa shape index (κ2) is 17.0. The van der Waals surface area contributed by atoms with Gasteiger partial charge in [-0.3, -0.25) is 34.2 Å². The zero-order chi connectivity index (χ0) is 44.1. The van der Waals surface area contributed by atoms with Gasteiger partial charge in [-0.05, 0) is 120 Å². The highest BCUT2D eigenvalue weighted by molar-refractivity contribution is 7.18. The number of piperidine rings is 2. The van der Waals surface area contributed by atoms with E-state index in [0.29, 0.717) is 35.1 Å². The molecule has 1 unspecified atom stereocenters. The zero-order valence-electron chi connectivity index (χ0n) is 34.3. The minimum atomic E-state index is -4.70. The molecule has 1 atom stereocenters. The number of fused-ring (bicyclic) bond motifs is 2. The third-order valence-corrected chi connectivity index (χ3v) is 13.7. The Hall–Kier alpha value is -5.46. The van der Waals surface area contributed by atoms with Crippen molar-refractivity contribution in [3.8, 4) is 5.75 Å². The molecule has 0 spiro atoms.